The molecule has 0 heterocycles. The number of aliphatic hydroxyl groups excluding tert-OH is 1. The number of unbranched alkanes of at least 4 members (excludes halogenated alkanes) is 23. The number of esters is 4. The van der Waals surface area contributed by atoms with Crippen molar-refractivity contribution in [1.82, 2.24) is 0 Å². The van der Waals surface area contributed by atoms with Crippen molar-refractivity contribution in [3.63, 3.8) is 0 Å². The van der Waals surface area contributed by atoms with Gasteiger partial charge in [0.1, 0.15) is 19.3 Å². The zero-order chi connectivity index (χ0) is 77.4. The fourth-order valence-electron chi connectivity index (χ4n) is 10.2. The molecular weight excluding hydrogens is 1380 g/mol. The highest BCUT2D eigenvalue weighted by Crippen LogP contribution is 2.45. The van der Waals surface area contributed by atoms with Crippen LogP contribution >= 0.6 is 15.6 Å². The molecule has 0 aromatic carbocycles. The summed E-state index contributed by atoms with van der Waals surface area (Å²) < 4.78 is 68.4. The third-order valence-electron chi connectivity index (χ3n) is 16.5. The molecule has 0 aliphatic heterocycles. The second kappa shape index (κ2) is 77.8. The molecule has 0 bridgehead atoms. The van der Waals surface area contributed by atoms with Gasteiger partial charge in [-0.1, -0.05) is 301 Å². The van der Waals surface area contributed by atoms with E-state index in [2.05, 4.69) is 149 Å². The maximum Gasteiger partial charge on any atom is 0.472 e. The predicted molar refractivity (Wildman–Crippen MR) is 436 cm³/mol. The van der Waals surface area contributed by atoms with Gasteiger partial charge in [-0.2, -0.15) is 0 Å². The SMILES string of the molecule is CCCCC/C=C\C/C=C\C/C=C\C/C=C\C/C=C\CCC(=O)OC[C@H](COP(=O)(O)OC[C@@H](O)COP(=O)(O)OC[C@@H](COC(=O)CCC/C=C\C/C=C\C/C=C\C/C=C\CCCCC)OC(=O)CCC/C=C\C/C=C\C/C=C\C/C=C\CCCCC)OC(=O)CCCCCCCCCCCCCCC. The lowest BCUT2D eigenvalue weighted by Crippen LogP contribution is -2.30. The molecule has 0 aromatic rings. The molecule has 0 radical (unpaired) electrons. The smallest absolute Gasteiger partial charge is 0.462 e. The largest absolute Gasteiger partial charge is 0.472 e. The fourth-order valence-corrected chi connectivity index (χ4v) is 11.8. The van der Waals surface area contributed by atoms with Gasteiger partial charge in [-0.15, -0.1) is 0 Å². The summed E-state index contributed by atoms with van der Waals surface area (Å²) >= 11 is 0. The molecule has 2 unspecified atom stereocenters. The minimum Gasteiger partial charge on any atom is -0.462 e. The molecule has 0 saturated carbocycles. The van der Waals surface area contributed by atoms with Crippen molar-refractivity contribution in [2.75, 3.05) is 39.6 Å². The summed E-state index contributed by atoms with van der Waals surface area (Å²) in [5, 5.41) is 10.6. The van der Waals surface area contributed by atoms with Gasteiger partial charge >= 0.3 is 39.5 Å². The number of hydrogen-bond acceptors (Lipinski definition) is 15. The van der Waals surface area contributed by atoms with E-state index in [4.69, 9.17) is 37.0 Å². The average Bonchev–Trinajstić information content (AvgIpc) is 0.900. The van der Waals surface area contributed by atoms with Crippen LogP contribution in [0.25, 0.3) is 0 Å². The monoisotopic (exact) mass is 1520 g/mol. The van der Waals surface area contributed by atoms with Gasteiger partial charge in [0, 0.05) is 25.7 Å². The number of phosphoric ester groups is 2. The van der Waals surface area contributed by atoms with Crippen LogP contribution in [0.2, 0.25) is 0 Å². The van der Waals surface area contributed by atoms with E-state index in [-0.39, 0.29) is 25.7 Å². The lowest BCUT2D eigenvalue weighted by atomic mass is 10.0. The van der Waals surface area contributed by atoms with Gasteiger partial charge in [-0.3, -0.25) is 37.3 Å². The molecule has 19 heteroatoms. The lowest BCUT2D eigenvalue weighted by molar-refractivity contribution is -0.161. The molecule has 0 rings (SSSR count). The summed E-state index contributed by atoms with van der Waals surface area (Å²) in [5.74, 6) is -2.41. The first kappa shape index (κ1) is 101. The van der Waals surface area contributed by atoms with Crippen LogP contribution in [0.4, 0.5) is 0 Å². The zero-order valence-corrected chi connectivity index (χ0v) is 67.8. The van der Waals surface area contributed by atoms with Crippen LogP contribution in [0.3, 0.4) is 0 Å². The first-order chi connectivity index (χ1) is 51.7. The van der Waals surface area contributed by atoms with E-state index in [0.717, 1.165) is 103 Å². The second-order valence-corrected chi connectivity index (χ2v) is 29.6. The van der Waals surface area contributed by atoms with E-state index in [0.29, 0.717) is 44.9 Å². The number of allylic oxidation sites excluding steroid dienone is 26. The van der Waals surface area contributed by atoms with E-state index in [1.54, 1.807) is 0 Å². The number of carbonyl (C=O) groups is 4. The summed E-state index contributed by atoms with van der Waals surface area (Å²) in [4.78, 5) is 73.0. The highest BCUT2D eigenvalue weighted by Gasteiger charge is 2.30. The number of ether oxygens (including phenoxy) is 4. The topological polar surface area (TPSA) is 237 Å². The average molecular weight is 1520 g/mol. The van der Waals surface area contributed by atoms with Crippen LogP contribution in [0, 0.1) is 0 Å². The normalized spacial score (nSPS) is 14.7. The molecule has 604 valence electrons. The Bertz CT molecular complexity index is 2630. The van der Waals surface area contributed by atoms with E-state index in [1.807, 2.05) is 36.5 Å². The maximum atomic E-state index is 13.1. The summed E-state index contributed by atoms with van der Waals surface area (Å²) in [5.41, 5.74) is 0. The van der Waals surface area contributed by atoms with Crippen LogP contribution in [-0.4, -0.2) is 96.7 Å². The number of carbonyl (C=O) groups excluding carboxylic acids is 4. The van der Waals surface area contributed by atoms with Crippen molar-refractivity contribution in [2.45, 2.75) is 329 Å². The molecule has 106 heavy (non-hydrogen) atoms. The fraction of sp³-hybridized carbons (Fsp3) is 0.655. The quantitative estimate of drug-likeness (QED) is 0.0169. The minimum absolute atomic E-state index is 0.00127. The van der Waals surface area contributed by atoms with E-state index >= 15 is 0 Å². The van der Waals surface area contributed by atoms with Crippen molar-refractivity contribution in [3.8, 4) is 0 Å². The Morgan fingerprint density at radius 1 is 0.264 bits per heavy atom. The van der Waals surface area contributed by atoms with Crippen LogP contribution in [0.1, 0.15) is 310 Å². The lowest BCUT2D eigenvalue weighted by Gasteiger charge is -2.21. The Labute approximate surface area is 642 Å². The number of phosphoric acid groups is 2. The molecule has 0 aliphatic carbocycles. The Morgan fingerprint density at radius 2 is 0.491 bits per heavy atom. The summed E-state index contributed by atoms with van der Waals surface area (Å²) in [7, 11) is -10.0. The van der Waals surface area contributed by atoms with Crippen molar-refractivity contribution >= 4 is 39.5 Å². The van der Waals surface area contributed by atoms with Gasteiger partial charge in [-0.25, -0.2) is 9.13 Å². The second-order valence-electron chi connectivity index (χ2n) is 26.7. The van der Waals surface area contributed by atoms with Crippen LogP contribution in [0.5, 0.6) is 0 Å². The van der Waals surface area contributed by atoms with Gasteiger partial charge in [0.15, 0.2) is 12.2 Å². The van der Waals surface area contributed by atoms with Gasteiger partial charge in [0.25, 0.3) is 0 Å². The summed E-state index contributed by atoms with van der Waals surface area (Å²) in [6, 6.07) is 0. The molecule has 5 atom stereocenters. The Hall–Kier alpha value is -5.32. The van der Waals surface area contributed by atoms with Crippen molar-refractivity contribution in [2.24, 2.45) is 0 Å². The molecule has 3 N–H and O–H groups in total. The highest BCUT2D eigenvalue weighted by molar-refractivity contribution is 7.47. The van der Waals surface area contributed by atoms with Crippen molar-refractivity contribution in [3.05, 3.63) is 158 Å². The third-order valence-corrected chi connectivity index (χ3v) is 18.4. The highest BCUT2D eigenvalue weighted by atomic mass is 31.2. The third kappa shape index (κ3) is 76.9. The van der Waals surface area contributed by atoms with Gasteiger partial charge in [-0.05, 0) is 141 Å². The number of rotatable bonds is 75. The summed E-state index contributed by atoms with van der Waals surface area (Å²) in [6.45, 7) is 4.58. The molecule has 0 fully saturated rings. The van der Waals surface area contributed by atoms with Crippen LogP contribution in [-0.2, 0) is 65.4 Å². The van der Waals surface area contributed by atoms with Crippen molar-refractivity contribution < 1.29 is 80.2 Å². The molecule has 0 saturated heterocycles. The first-order valence-corrected chi connectivity index (χ1v) is 43.7. The molecule has 0 amide bonds. The van der Waals surface area contributed by atoms with Gasteiger partial charge < -0.3 is 33.8 Å². The minimum atomic E-state index is -5.01. The maximum absolute atomic E-state index is 13.1. The number of aliphatic hydroxyl groups is 1. The van der Waals surface area contributed by atoms with Crippen LogP contribution < -0.4 is 0 Å². The molecule has 0 aromatic heterocycles. The van der Waals surface area contributed by atoms with E-state index in [1.165, 1.54) is 109 Å². The summed E-state index contributed by atoms with van der Waals surface area (Å²) in [6.07, 6.45) is 91.1. The molecular formula is C87H144O17P2. The number of hydrogen-bond donors (Lipinski definition) is 3. The Kier molecular flexibility index (Phi) is 73.9. The molecule has 17 nitrogen and oxygen atoms in total. The standard InChI is InChI=1S/C87H144O17P2/c1-5-9-13-17-21-25-29-33-36-39-40-43-45-49-52-56-60-64-68-72-85(90)97-77-82(103-86(91)73-69-65-61-57-53-47-32-28-24-20-16-12-8-4)79-101-105(93,94)99-75-81(88)76-100-106(95,96)102-80-83(104-87(92)74-70-66-62-58-54-50-46-42-38-35-31-27-23-19-15-11-7-3)78-98-84(89)71-67-63-59-55-51-48-44-41-37-34-30-26-22-18-14-10-6-2/h21-23,25-27,33-38,40,43-44,46,48-50,52,55,58-60,62,64,81-83,88H,5-20,24,28-32,39,41-42,45,47,51,53-54,56-57,61,63,65-80H2,1-4H3,(H,93,94)(H,95,96)/b25-21-,26-22-,27-23-,36-33-,37-34-,38-35-,43-40-,48-44-,50-46-,52-49-,59-55-,62-58-,64-60-/t81-,82-,83-/m1/s1. The Morgan fingerprint density at radius 3 is 0.802 bits per heavy atom. The molecule has 0 aliphatic rings. The Balaban J connectivity index is 5.52. The van der Waals surface area contributed by atoms with Gasteiger partial charge in [0.2, 0.25) is 0 Å². The van der Waals surface area contributed by atoms with Crippen molar-refractivity contribution in [1.29, 1.82) is 0 Å². The zero-order valence-electron chi connectivity index (χ0n) is 66.1. The van der Waals surface area contributed by atoms with E-state index in [9.17, 15) is 43.2 Å². The molecule has 0 spiro atoms. The van der Waals surface area contributed by atoms with E-state index < -0.39 is 97.5 Å². The van der Waals surface area contributed by atoms with Gasteiger partial charge in [0.05, 0.1) is 26.4 Å². The van der Waals surface area contributed by atoms with Crippen LogP contribution in [0.15, 0.2) is 158 Å². The predicted octanol–water partition coefficient (Wildman–Crippen LogP) is 24.0. The first-order valence-electron chi connectivity index (χ1n) is 40.7.